The summed E-state index contributed by atoms with van der Waals surface area (Å²) < 4.78 is 0. The van der Waals surface area contributed by atoms with E-state index < -0.39 is 0 Å². The fourth-order valence-corrected chi connectivity index (χ4v) is 2.98. The molecule has 0 bridgehead atoms. The van der Waals surface area contributed by atoms with Crippen molar-refractivity contribution in [2.45, 2.75) is 18.9 Å². The maximum atomic E-state index is 12.6. The van der Waals surface area contributed by atoms with E-state index in [0.717, 1.165) is 24.5 Å². The van der Waals surface area contributed by atoms with E-state index in [1.807, 2.05) is 43.1 Å². The summed E-state index contributed by atoms with van der Waals surface area (Å²) in [4.78, 5) is 26.7. The summed E-state index contributed by atoms with van der Waals surface area (Å²) in [5, 5.41) is 8.15. The third kappa shape index (κ3) is 3.84. The van der Waals surface area contributed by atoms with Gasteiger partial charge in [-0.25, -0.2) is 9.97 Å². The molecule has 2 aromatic rings. The molecule has 3 rings (SSSR count). The number of nitrogens with zero attached hydrogens (tertiary/aromatic N) is 7. The molecule has 132 valence electrons. The molecule has 2 aromatic heterocycles. The Morgan fingerprint density at radius 2 is 1.84 bits per heavy atom. The average Bonchev–Trinajstić information content (AvgIpc) is 2.67. The van der Waals surface area contributed by atoms with Crippen LogP contribution in [0.3, 0.4) is 0 Å². The summed E-state index contributed by atoms with van der Waals surface area (Å²) >= 11 is 0. The smallest absolute Gasteiger partial charge is 0.274 e. The zero-order chi connectivity index (χ0) is 17.8. The fourth-order valence-electron chi connectivity index (χ4n) is 2.98. The Morgan fingerprint density at radius 1 is 1.08 bits per heavy atom. The number of hydrogen-bond acceptors (Lipinski definition) is 7. The van der Waals surface area contributed by atoms with Gasteiger partial charge >= 0.3 is 0 Å². The normalized spacial score (nSPS) is 15.1. The standard InChI is InChI=1S/C17H23N7O/c1-22(2)16-5-4-14(20-21-16)17(25)24-10-7-13(8-11-24)23(3)15-6-9-18-12-19-15/h4-6,9,12-13H,7-8,10-11H2,1-3H3. The van der Waals surface area contributed by atoms with Crippen molar-refractivity contribution < 1.29 is 4.79 Å². The molecule has 8 heteroatoms. The van der Waals surface area contributed by atoms with Crippen molar-refractivity contribution >= 4 is 17.5 Å². The third-order valence-electron chi connectivity index (χ3n) is 4.55. The van der Waals surface area contributed by atoms with Crippen molar-refractivity contribution in [3.8, 4) is 0 Å². The van der Waals surface area contributed by atoms with Gasteiger partial charge in [-0.1, -0.05) is 0 Å². The van der Waals surface area contributed by atoms with Crippen molar-refractivity contribution in [3.63, 3.8) is 0 Å². The molecule has 0 radical (unpaired) electrons. The van der Waals surface area contributed by atoms with Crippen LogP contribution < -0.4 is 9.80 Å². The molecule has 0 saturated carbocycles. The van der Waals surface area contributed by atoms with Crippen LogP contribution >= 0.6 is 0 Å². The number of rotatable bonds is 4. The topological polar surface area (TPSA) is 78.4 Å². The van der Waals surface area contributed by atoms with Crippen LogP contribution in [0.15, 0.2) is 30.7 Å². The largest absolute Gasteiger partial charge is 0.361 e. The van der Waals surface area contributed by atoms with Gasteiger partial charge in [0, 0.05) is 46.5 Å². The molecular weight excluding hydrogens is 318 g/mol. The van der Waals surface area contributed by atoms with E-state index in [1.165, 1.54) is 0 Å². The Morgan fingerprint density at radius 3 is 2.40 bits per heavy atom. The van der Waals surface area contributed by atoms with E-state index in [1.54, 1.807) is 18.6 Å². The van der Waals surface area contributed by atoms with E-state index in [4.69, 9.17) is 0 Å². The van der Waals surface area contributed by atoms with Crippen LogP contribution in [0.4, 0.5) is 11.6 Å². The first-order valence-electron chi connectivity index (χ1n) is 8.35. The highest BCUT2D eigenvalue weighted by Crippen LogP contribution is 2.21. The third-order valence-corrected chi connectivity index (χ3v) is 4.55. The van der Waals surface area contributed by atoms with Crippen LogP contribution in [0.1, 0.15) is 23.3 Å². The van der Waals surface area contributed by atoms with Gasteiger partial charge in [0.1, 0.15) is 12.1 Å². The Kier molecular flexibility index (Phi) is 5.06. The highest BCUT2D eigenvalue weighted by atomic mass is 16.2. The van der Waals surface area contributed by atoms with E-state index >= 15 is 0 Å². The number of carbonyl (C=O) groups is 1. The van der Waals surface area contributed by atoms with Gasteiger partial charge in [-0.15, -0.1) is 10.2 Å². The molecule has 0 atom stereocenters. The molecule has 1 fully saturated rings. The average molecular weight is 341 g/mol. The van der Waals surface area contributed by atoms with Gasteiger partial charge in [0.15, 0.2) is 11.5 Å². The lowest BCUT2D eigenvalue weighted by Gasteiger charge is -2.37. The van der Waals surface area contributed by atoms with Crippen LogP contribution in [0.25, 0.3) is 0 Å². The molecule has 1 aliphatic rings. The van der Waals surface area contributed by atoms with Crippen LogP contribution in [0, 0.1) is 0 Å². The first kappa shape index (κ1) is 17.1. The van der Waals surface area contributed by atoms with Gasteiger partial charge in [-0.2, -0.15) is 0 Å². The summed E-state index contributed by atoms with van der Waals surface area (Å²) in [7, 11) is 5.82. The Labute approximate surface area is 147 Å². The Bertz CT molecular complexity index is 697. The fraction of sp³-hybridized carbons (Fsp3) is 0.471. The molecular formula is C17H23N7O. The molecule has 1 aliphatic heterocycles. The summed E-state index contributed by atoms with van der Waals surface area (Å²) in [6.45, 7) is 1.41. The van der Waals surface area contributed by atoms with Crippen LogP contribution in [0.5, 0.6) is 0 Å². The first-order chi connectivity index (χ1) is 12.1. The summed E-state index contributed by atoms with van der Waals surface area (Å²) in [6.07, 6.45) is 5.10. The number of amides is 1. The van der Waals surface area contributed by atoms with Crippen molar-refractivity contribution in [1.82, 2.24) is 25.1 Å². The molecule has 3 heterocycles. The van der Waals surface area contributed by atoms with Crippen LogP contribution in [-0.4, -0.2) is 71.2 Å². The van der Waals surface area contributed by atoms with E-state index in [2.05, 4.69) is 25.1 Å². The van der Waals surface area contributed by atoms with E-state index in [-0.39, 0.29) is 5.91 Å². The number of aromatic nitrogens is 4. The van der Waals surface area contributed by atoms with Gasteiger partial charge < -0.3 is 14.7 Å². The Hall–Kier alpha value is -2.77. The van der Waals surface area contributed by atoms with E-state index in [0.29, 0.717) is 24.8 Å². The van der Waals surface area contributed by atoms with Gasteiger partial charge in [0.2, 0.25) is 0 Å². The molecule has 8 nitrogen and oxygen atoms in total. The lowest BCUT2D eigenvalue weighted by Crippen LogP contribution is -2.46. The molecule has 25 heavy (non-hydrogen) atoms. The van der Waals surface area contributed by atoms with Gasteiger partial charge in [-0.05, 0) is 31.0 Å². The monoisotopic (exact) mass is 341 g/mol. The second-order valence-corrected chi connectivity index (χ2v) is 6.37. The van der Waals surface area contributed by atoms with Crippen molar-refractivity contribution in [1.29, 1.82) is 0 Å². The van der Waals surface area contributed by atoms with Crippen molar-refractivity contribution in [2.24, 2.45) is 0 Å². The quantitative estimate of drug-likeness (QED) is 0.823. The van der Waals surface area contributed by atoms with Crippen molar-refractivity contribution in [3.05, 3.63) is 36.4 Å². The lowest BCUT2D eigenvalue weighted by atomic mass is 10.0. The Balaban J connectivity index is 1.59. The minimum atomic E-state index is -0.0547. The van der Waals surface area contributed by atoms with Crippen LogP contribution in [-0.2, 0) is 0 Å². The minimum Gasteiger partial charge on any atom is -0.361 e. The highest BCUT2D eigenvalue weighted by molar-refractivity contribution is 5.92. The number of anilines is 2. The summed E-state index contributed by atoms with van der Waals surface area (Å²) in [5.74, 6) is 1.59. The van der Waals surface area contributed by atoms with Crippen LogP contribution in [0.2, 0.25) is 0 Å². The molecule has 0 N–H and O–H groups in total. The van der Waals surface area contributed by atoms with Gasteiger partial charge in [0.25, 0.3) is 5.91 Å². The predicted octanol–water partition coefficient (Wildman–Crippen LogP) is 1.07. The molecule has 0 aromatic carbocycles. The molecule has 0 unspecified atom stereocenters. The maximum absolute atomic E-state index is 12.6. The molecule has 0 spiro atoms. The zero-order valence-electron chi connectivity index (χ0n) is 14.8. The summed E-state index contributed by atoms with van der Waals surface area (Å²) in [5.41, 5.74) is 0.396. The number of hydrogen-bond donors (Lipinski definition) is 0. The lowest BCUT2D eigenvalue weighted by molar-refractivity contribution is 0.0706. The number of piperidine rings is 1. The number of likely N-dealkylation sites (tertiary alicyclic amines) is 1. The molecule has 1 saturated heterocycles. The SMILES string of the molecule is CN(C)c1ccc(C(=O)N2CCC(N(C)c3ccncn3)CC2)nn1. The first-order valence-corrected chi connectivity index (χ1v) is 8.35. The maximum Gasteiger partial charge on any atom is 0.274 e. The molecule has 1 amide bonds. The van der Waals surface area contributed by atoms with Gasteiger partial charge in [-0.3, -0.25) is 4.79 Å². The number of carbonyl (C=O) groups excluding carboxylic acids is 1. The zero-order valence-corrected chi connectivity index (χ0v) is 14.8. The minimum absolute atomic E-state index is 0.0547. The molecule has 0 aliphatic carbocycles. The predicted molar refractivity (Wildman–Crippen MR) is 95.7 cm³/mol. The summed E-state index contributed by atoms with van der Waals surface area (Å²) in [6, 6.07) is 5.82. The highest BCUT2D eigenvalue weighted by Gasteiger charge is 2.27. The second-order valence-electron chi connectivity index (χ2n) is 6.37. The van der Waals surface area contributed by atoms with E-state index in [9.17, 15) is 4.79 Å². The second kappa shape index (κ2) is 7.42. The van der Waals surface area contributed by atoms with Gasteiger partial charge in [0.05, 0.1) is 0 Å². The van der Waals surface area contributed by atoms with Crippen molar-refractivity contribution in [2.75, 3.05) is 44.0 Å².